The highest BCUT2D eigenvalue weighted by Gasteiger charge is 2.18. The Bertz CT molecular complexity index is 2590. The molecule has 2 heterocycles. The topological polar surface area (TPSA) is 38.7 Å². The van der Waals surface area contributed by atoms with Gasteiger partial charge in [0.25, 0.3) is 0 Å². The number of hydrogen-bond donors (Lipinski definition) is 0. The second kappa shape index (κ2) is 11.7. The zero-order valence-corrected chi connectivity index (χ0v) is 26.1. The number of aromatic nitrogens is 3. The molecule has 7 aromatic carbocycles. The highest BCUT2D eigenvalue weighted by atomic mass is 14.8. The van der Waals surface area contributed by atoms with Crippen LogP contribution >= 0.6 is 0 Å². The average Bonchev–Trinajstić information content (AvgIpc) is 3.17. The van der Waals surface area contributed by atoms with E-state index in [1.807, 2.05) is 30.5 Å². The summed E-state index contributed by atoms with van der Waals surface area (Å²) < 4.78 is 0. The molecule has 0 saturated heterocycles. The summed E-state index contributed by atoms with van der Waals surface area (Å²) in [6, 6.07) is 59.7. The van der Waals surface area contributed by atoms with Crippen LogP contribution in [0.3, 0.4) is 0 Å². The van der Waals surface area contributed by atoms with E-state index < -0.39 is 0 Å². The number of benzene rings is 7. The average molecular weight is 612 g/mol. The van der Waals surface area contributed by atoms with Gasteiger partial charge in [-0.15, -0.1) is 0 Å². The largest absolute Gasteiger partial charge is 0.256 e. The normalized spacial score (nSPS) is 11.3. The summed E-state index contributed by atoms with van der Waals surface area (Å²) in [5, 5.41) is 4.86. The summed E-state index contributed by atoms with van der Waals surface area (Å²) >= 11 is 0. The Balaban J connectivity index is 1.28. The van der Waals surface area contributed by atoms with Crippen LogP contribution in [-0.4, -0.2) is 15.0 Å². The summed E-state index contributed by atoms with van der Waals surface area (Å²) in [7, 11) is 0. The highest BCUT2D eigenvalue weighted by molar-refractivity contribution is 5.99. The molecular formula is C45H29N3. The van der Waals surface area contributed by atoms with E-state index in [1.165, 1.54) is 21.5 Å². The van der Waals surface area contributed by atoms with Crippen molar-refractivity contribution < 1.29 is 0 Å². The number of hydrogen-bond acceptors (Lipinski definition) is 3. The van der Waals surface area contributed by atoms with Crippen LogP contribution in [0.2, 0.25) is 0 Å². The minimum atomic E-state index is 0.851. The van der Waals surface area contributed by atoms with Gasteiger partial charge in [-0.2, -0.15) is 0 Å². The number of fused-ring (bicyclic) bond motifs is 3. The minimum absolute atomic E-state index is 0.851. The maximum absolute atomic E-state index is 5.38. The molecule has 0 aliphatic carbocycles. The van der Waals surface area contributed by atoms with Gasteiger partial charge in [0.2, 0.25) is 0 Å². The predicted molar refractivity (Wildman–Crippen MR) is 200 cm³/mol. The van der Waals surface area contributed by atoms with Gasteiger partial charge < -0.3 is 0 Å². The maximum atomic E-state index is 5.38. The van der Waals surface area contributed by atoms with Crippen molar-refractivity contribution in [3.05, 3.63) is 176 Å². The monoisotopic (exact) mass is 611 g/mol. The third kappa shape index (κ3) is 5.08. The van der Waals surface area contributed by atoms with Crippen LogP contribution in [0.15, 0.2) is 176 Å². The molecule has 0 saturated carbocycles. The maximum Gasteiger partial charge on any atom is 0.0973 e. The SMILES string of the molecule is c1ccc(-c2nc3cc(-c4ccc5ccccc5c4)c(-c4ccc5ccccc5c4)cc3nc2-c2ccc(-c3ccccn3)cc2)cc1. The molecule has 48 heavy (non-hydrogen) atoms. The first kappa shape index (κ1) is 27.8. The van der Waals surface area contributed by atoms with Crippen molar-refractivity contribution in [3.8, 4) is 56.0 Å². The first-order chi connectivity index (χ1) is 23.8. The van der Waals surface area contributed by atoms with Crippen LogP contribution in [0.4, 0.5) is 0 Å². The molecule has 0 atom stereocenters. The van der Waals surface area contributed by atoms with Crippen LogP contribution in [0, 0.1) is 0 Å². The zero-order valence-electron chi connectivity index (χ0n) is 26.1. The van der Waals surface area contributed by atoms with E-state index in [4.69, 9.17) is 9.97 Å². The summed E-state index contributed by atoms with van der Waals surface area (Å²) in [6.07, 6.45) is 1.82. The third-order valence-electron chi connectivity index (χ3n) is 9.09. The minimum Gasteiger partial charge on any atom is -0.256 e. The number of rotatable bonds is 5. The van der Waals surface area contributed by atoms with Gasteiger partial charge in [-0.1, -0.05) is 133 Å². The first-order valence-corrected chi connectivity index (χ1v) is 16.2. The van der Waals surface area contributed by atoms with Crippen molar-refractivity contribution >= 4 is 32.6 Å². The second-order valence-corrected chi connectivity index (χ2v) is 12.1. The predicted octanol–water partition coefficient (Wildman–Crippen LogP) is 11.7. The van der Waals surface area contributed by atoms with E-state index in [0.717, 1.165) is 67.1 Å². The van der Waals surface area contributed by atoms with Crippen LogP contribution in [0.1, 0.15) is 0 Å². The van der Waals surface area contributed by atoms with Gasteiger partial charge in [0.15, 0.2) is 0 Å². The van der Waals surface area contributed by atoms with E-state index >= 15 is 0 Å². The van der Waals surface area contributed by atoms with Gasteiger partial charge in [0.1, 0.15) is 0 Å². The Morgan fingerprint density at radius 1 is 0.312 bits per heavy atom. The van der Waals surface area contributed by atoms with Crippen LogP contribution < -0.4 is 0 Å². The standard InChI is InChI=1S/C45H29N3/c1-2-12-33(13-3-1)44-45(34-21-19-32(20-22-34)41-16-8-9-25-46-41)48-43-29-40(38-24-18-31-11-5-7-15-36(31)27-38)39(28-42(43)47-44)37-23-17-30-10-4-6-14-35(30)26-37/h1-29H. The summed E-state index contributed by atoms with van der Waals surface area (Å²) in [4.78, 5) is 15.3. The molecule has 0 unspecified atom stereocenters. The molecule has 0 aliphatic rings. The van der Waals surface area contributed by atoms with Gasteiger partial charge >= 0.3 is 0 Å². The molecule has 3 nitrogen and oxygen atoms in total. The molecule has 3 heteroatoms. The molecule has 2 aromatic heterocycles. The summed E-state index contributed by atoms with van der Waals surface area (Å²) in [6.45, 7) is 0. The first-order valence-electron chi connectivity index (χ1n) is 16.2. The Kier molecular flexibility index (Phi) is 6.80. The summed E-state index contributed by atoms with van der Waals surface area (Å²) in [5.74, 6) is 0. The fourth-order valence-electron chi connectivity index (χ4n) is 6.63. The number of nitrogens with zero attached hydrogens (tertiary/aromatic N) is 3. The number of pyridine rings is 1. The van der Waals surface area contributed by atoms with Gasteiger partial charge in [0, 0.05) is 22.9 Å². The molecule has 0 spiro atoms. The van der Waals surface area contributed by atoms with E-state index in [0.29, 0.717) is 0 Å². The summed E-state index contributed by atoms with van der Waals surface area (Å²) in [5.41, 5.74) is 12.0. The molecule has 9 rings (SSSR count). The Labute approximate surface area is 278 Å². The fraction of sp³-hybridized carbons (Fsp3) is 0. The van der Waals surface area contributed by atoms with Gasteiger partial charge in [-0.3, -0.25) is 4.98 Å². The van der Waals surface area contributed by atoms with Crippen LogP contribution in [0.25, 0.3) is 88.6 Å². The van der Waals surface area contributed by atoms with Crippen molar-refractivity contribution in [1.29, 1.82) is 0 Å². The lowest BCUT2D eigenvalue weighted by Gasteiger charge is -2.16. The lowest BCUT2D eigenvalue weighted by atomic mass is 9.91. The van der Waals surface area contributed by atoms with Crippen LogP contribution in [-0.2, 0) is 0 Å². The molecule has 0 amide bonds. The van der Waals surface area contributed by atoms with E-state index in [-0.39, 0.29) is 0 Å². The van der Waals surface area contributed by atoms with Crippen molar-refractivity contribution in [2.45, 2.75) is 0 Å². The van der Waals surface area contributed by atoms with Gasteiger partial charge in [0.05, 0.1) is 28.1 Å². The van der Waals surface area contributed by atoms with Gasteiger partial charge in [-0.25, -0.2) is 9.97 Å². The Morgan fingerprint density at radius 2 is 0.771 bits per heavy atom. The molecule has 0 bridgehead atoms. The molecule has 0 radical (unpaired) electrons. The molecular weight excluding hydrogens is 583 g/mol. The molecule has 0 N–H and O–H groups in total. The second-order valence-electron chi connectivity index (χ2n) is 12.1. The third-order valence-corrected chi connectivity index (χ3v) is 9.09. The lowest BCUT2D eigenvalue weighted by Crippen LogP contribution is -1.97. The molecule has 224 valence electrons. The molecule has 9 aromatic rings. The smallest absolute Gasteiger partial charge is 0.0973 e. The quantitative estimate of drug-likeness (QED) is 0.194. The van der Waals surface area contributed by atoms with E-state index in [1.54, 1.807) is 0 Å². The van der Waals surface area contributed by atoms with Crippen LogP contribution in [0.5, 0.6) is 0 Å². The molecule has 0 aliphatic heterocycles. The lowest BCUT2D eigenvalue weighted by molar-refractivity contribution is 1.29. The molecule has 0 fully saturated rings. The van der Waals surface area contributed by atoms with Crippen molar-refractivity contribution in [1.82, 2.24) is 15.0 Å². The van der Waals surface area contributed by atoms with E-state index in [2.05, 4.69) is 151 Å². The van der Waals surface area contributed by atoms with E-state index in [9.17, 15) is 0 Å². The van der Waals surface area contributed by atoms with Crippen molar-refractivity contribution in [2.75, 3.05) is 0 Å². The van der Waals surface area contributed by atoms with Gasteiger partial charge in [-0.05, 0) is 80.2 Å². The zero-order chi connectivity index (χ0) is 31.9. The van der Waals surface area contributed by atoms with Crippen molar-refractivity contribution in [2.24, 2.45) is 0 Å². The van der Waals surface area contributed by atoms with Crippen molar-refractivity contribution in [3.63, 3.8) is 0 Å². The Hall–Kier alpha value is -6.45. The Morgan fingerprint density at radius 3 is 1.31 bits per heavy atom. The fourth-order valence-corrected chi connectivity index (χ4v) is 6.63. The highest BCUT2D eigenvalue weighted by Crippen LogP contribution is 2.39.